The van der Waals surface area contributed by atoms with Crippen molar-refractivity contribution < 1.29 is 22.8 Å². The SMILES string of the molecule is CC1(NC(=O)N2CCn3nc(-c4ccc(F)c(Cl)c4)c(C(N)=O)c3C2)CC(F)(F)C1. The van der Waals surface area contributed by atoms with Crippen molar-refractivity contribution in [1.82, 2.24) is 20.0 Å². The van der Waals surface area contributed by atoms with Crippen LogP contribution in [-0.4, -0.2) is 44.6 Å². The van der Waals surface area contributed by atoms with Crippen LogP contribution in [0.3, 0.4) is 0 Å². The molecule has 0 atom stereocenters. The fraction of sp³-hybridized carbons (Fsp3) is 0.421. The summed E-state index contributed by atoms with van der Waals surface area (Å²) in [5, 5.41) is 6.93. The van der Waals surface area contributed by atoms with E-state index in [9.17, 15) is 22.8 Å². The molecule has 1 aliphatic carbocycles. The number of amides is 3. The van der Waals surface area contributed by atoms with E-state index in [0.717, 1.165) is 6.07 Å². The summed E-state index contributed by atoms with van der Waals surface area (Å²) in [6, 6.07) is 3.45. The molecule has 3 amide bonds. The van der Waals surface area contributed by atoms with E-state index in [-0.39, 0.29) is 35.9 Å². The second-order valence-electron chi connectivity index (χ2n) is 8.01. The van der Waals surface area contributed by atoms with Crippen molar-refractivity contribution in [2.75, 3.05) is 6.54 Å². The Bertz CT molecular complexity index is 1050. The molecular weight excluding hydrogens is 423 g/mol. The van der Waals surface area contributed by atoms with Gasteiger partial charge in [0.1, 0.15) is 11.5 Å². The highest BCUT2D eigenvalue weighted by Crippen LogP contribution is 2.45. The Labute approximate surface area is 175 Å². The number of halogens is 4. The van der Waals surface area contributed by atoms with Gasteiger partial charge in [-0.25, -0.2) is 18.0 Å². The zero-order chi connectivity index (χ0) is 21.8. The van der Waals surface area contributed by atoms with Gasteiger partial charge in [0.25, 0.3) is 11.8 Å². The maximum Gasteiger partial charge on any atom is 0.318 e. The first-order valence-electron chi connectivity index (χ1n) is 9.28. The third-order valence-corrected chi connectivity index (χ3v) is 5.70. The monoisotopic (exact) mass is 441 g/mol. The van der Waals surface area contributed by atoms with Crippen molar-refractivity contribution in [3.05, 3.63) is 40.3 Å². The number of urea groups is 1. The molecule has 1 aliphatic heterocycles. The molecule has 2 aromatic rings. The van der Waals surface area contributed by atoms with Gasteiger partial charge in [-0.1, -0.05) is 11.6 Å². The summed E-state index contributed by atoms with van der Waals surface area (Å²) < 4.78 is 41.5. The first-order chi connectivity index (χ1) is 14.0. The largest absolute Gasteiger partial charge is 0.365 e. The first-order valence-corrected chi connectivity index (χ1v) is 9.66. The fourth-order valence-electron chi connectivity index (χ4n) is 4.11. The number of nitrogens with zero attached hydrogens (tertiary/aromatic N) is 3. The second kappa shape index (κ2) is 6.90. The predicted octanol–water partition coefficient (Wildman–Crippen LogP) is 3.15. The summed E-state index contributed by atoms with van der Waals surface area (Å²) in [5.41, 5.74) is 5.78. The smallest absolute Gasteiger partial charge is 0.318 e. The average molecular weight is 442 g/mol. The van der Waals surface area contributed by atoms with Crippen LogP contribution in [0.25, 0.3) is 11.3 Å². The lowest BCUT2D eigenvalue weighted by Crippen LogP contribution is -2.62. The summed E-state index contributed by atoms with van der Waals surface area (Å²) in [5.74, 6) is -4.13. The average Bonchev–Trinajstić information content (AvgIpc) is 3.00. The van der Waals surface area contributed by atoms with Gasteiger partial charge < -0.3 is 16.0 Å². The van der Waals surface area contributed by atoms with Crippen molar-refractivity contribution >= 4 is 23.5 Å². The Kier molecular flexibility index (Phi) is 4.72. The van der Waals surface area contributed by atoms with E-state index in [1.54, 1.807) is 11.6 Å². The van der Waals surface area contributed by atoms with Crippen LogP contribution in [0, 0.1) is 5.82 Å². The van der Waals surface area contributed by atoms with Crippen molar-refractivity contribution in [2.45, 2.75) is 44.3 Å². The van der Waals surface area contributed by atoms with Crippen molar-refractivity contribution in [3.8, 4) is 11.3 Å². The van der Waals surface area contributed by atoms with E-state index >= 15 is 0 Å². The van der Waals surface area contributed by atoms with Crippen LogP contribution < -0.4 is 11.1 Å². The Morgan fingerprint density at radius 3 is 2.57 bits per heavy atom. The van der Waals surface area contributed by atoms with E-state index in [4.69, 9.17) is 17.3 Å². The van der Waals surface area contributed by atoms with E-state index in [0.29, 0.717) is 11.3 Å². The standard InChI is InChI=1S/C19H19ClF3N5O2/c1-18(8-19(22,23)9-18)25-17(30)27-4-5-28-13(7-27)14(16(24)29)15(26-28)10-2-3-12(21)11(20)6-10/h2-3,6H,4-5,7-9H2,1H3,(H2,24,29)(H,25,30). The zero-order valence-electron chi connectivity index (χ0n) is 16.0. The number of nitrogens with one attached hydrogen (secondary N) is 1. The van der Waals surface area contributed by atoms with Gasteiger partial charge in [0.2, 0.25) is 0 Å². The van der Waals surface area contributed by atoms with E-state index in [1.807, 2.05) is 0 Å². The number of hydrogen-bond acceptors (Lipinski definition) is 3. The summed E-state index contributed by atoms with van der Waals surface area (Å²) in [6.07, 6.45) is -0.834. The number of aromatic nitrogens is 2. The first kappa shape index (κ1) is 20.5. The van der Waals surface area contributed by atoms with Crippen LogP contribution in [0.5, 0.6) is 0 Å². The highest BCUT2D eigenvalue weighted by Gasteiger charge is 2.54. The molecule has 0 radical (unpaired) electrons. The molecule has 7 nitrogen and oxygen atoms in total. The lowest BCUT2D eigenvalue weighted by Gasteiger charge is -2.46. The molecule has 3 N–H and O–H groups in total. The van der Waals surface area contributed by atoms with Crippen LogP contribution in [-0.2, 0) is 13.1 Å². The van der Waals surface area contributed by atoms with E-state index in [1.165, 1.54) is 17.0 Å². The molecule has 2 aliphatic rings. The van der Waals surface area contributed by atoms with Gasteiger partial charge in [0, 0.05) is 24.9 Å². The maximum atomic E-state index is 13.5. The Hall–Kier alpha value is -2.75. The molecule has 30 heavy (non-hydrogen) atoms. The minimum absolute atomic E-state index is 0.0263. The zero-order valence-corrected chi connectivity index (χ0v) is 16.8. The van der Waals surface area contributed by atoms with Gasteiger partial charge in [-0.3, -0.25) is 9.48 Å². The quantitative estimate of drug-likeness (QED) is 0.766. The number of rotatable bonds is 3. The molecule has 0 bridgehead atoms. The topological polar surface area (TPSA) is 93.2 Å². The number of carbonyl (C=O) groups is 2. The molecule has 0 unspecified atom stereocenters. The fourth-order valence-corrected chi connectivity index (χ4v) is 4.29. The molecule has 1 saturated carbocycles. The minimum atomic E-state index is -2.77. The lowest BCUT2D eigenvalue weighted by molar-refractivity contribution is -0.124. The molecule has 0 spiro atoms. The normalized spacial score (nSPS) is 19.0. The Morgan fingerprint density at radius 2 is 1.97 bits per heavy atom. The minimum Gasteiger partial charge on any atom is -0.365 e. The van der Waals surface area contributed by atoms with Crippen LogP contribution in [0.4, 0.5) is 18.0 Å². The van der Waals surface area contributed by atoms with Crippen LogP contribution in [0.15, 0.2) is 18.2 Å². The molecular formula is C19H19ClF3N5O2. The van der Waals surface area contributed by atoms with Gasteiger partial charge >= 0.3 is 6.03 Å². The molecule has 1 aromatic heterocycles. The van der Waals surface area contributed by atoms with Crippen molar-refractivity contribution in [1.29, 1.82) is 0 Å². The van der Waals surface area contributed by atoms with Crippen molar-refractivity contribution in [2.24, 2.45) is 5.73 Å². The van der Waals surface area contributed by atoms with Crippen LogP contribution >= 0.6 is 11.6 Å². The van der Waals surface area contributed by atoms with Crippen LogP contribution in [0.2, 0.25) is 5.02 Å². The Balaban J connectivity index is 1.60. The maximum absolute atomic E-state index is 13.5. The molecule has 11 heteroatoms. The highest BCUT2D eigenvalue weighted by molar-refractivity contribution is 6.31. The van der Waals surface area contributed by atoms with Gasteiger partial charge in [-0.2, -0.15) is 5.10 Å². The number of benzene rings is 1. The number of hydrogen-bond donors (Lipinski definition) is 2. The van der Waals surface area contributed by atoms with E-state index in [2.05, 4.69) is 10.4 Å². The molecule has 1 fully saturated rings. The third-order valence-electron chi connectivity index (χ3n) is 5.41. The third kappa shape index (κ3) is 3.60. The van der Waals surface area contributed by atoms with Gasteiger partial charge in [0.15, 0.2) is 0 Å². The number of primary amides is 1. The number of alkyl halides is 2. The van der Waals surface area contributed by atoms with Gasteiger partial charge in [0.05, 0.1) is 34.9 Å². The van der Waals surface area contributed by atoms with Crippen molar-refractivity contribution in [3.63, 3.8) is 0 Å². The predicted molar refractivity (Wildman–Crippen MR) is 103 cm³/mol. The summed E-state index contributed by atoms with van der Waals surface area (Å²) in [4.78, 5) is 26.2. The Morgan fingerprint density at radius 1 is 1.27 bits per heavy atom. The van der Waals surface area contributed by atoms with E-state index < -0.39 is 42.1 Å². The molecule has 2 heterocycles. The molecule has 0 saturated heterocycles. The van der Waals surface area contributed by atoms with Gasteiger partial charge in [-0.05, 0) is 25.1 Å². The summed E-state index contributed by atoms with van der Waals surface area (Å²) in [6.45, 7) is 2.15. The molecule has 1 aromatic carbocycles. The molecule has 4 rings (SSSR count). The number of carbonyl (C=O) groups excluding carboxylic acids is 2. The number of nitrogens with two attached hydrogens (primary N) is 1. The van der Waals surface area contributed by atoms with Crippen LogP contribution in [0.1, 0.15) is 35.8 Å². The summed E-state index contributed by atoms with van der Waals surface area (Å²) >= 11 is 5.85. The molecule has 160 valence electrons. The lowest BCUT2D eigenvalue weighted by atomic mass is 9.75. The number of fused-ring (bicyclic) bond motifs is 1. The van der Waals surface area contributed by atoms with Gasteiger partial charge in [-0.15, -0.1) is 0 Å². The highest BCUT2D eigenvalue weighted by atomic mass is 35.5. The second-order valence-corrected chi connectivity index (χ2v) is 8.42. The summed E-state index contributed by atoms with van der Waals surface area (Å²) in [7, 11) is 0.